The van der Waals surface area contributed by atoms with Gasteiger partial charge >= 0.3 is 0 Å². The zero-order valence-corrected chi connectivity index (χ0v) is 12.2. The number of hydrogen-bond acceptors (Lipinski definition) is 5. The Morgan fingerprint density at radius 3 is 2.76 bits per heavy atom. The molecule has 3 rings (SSSR count). The molecule has 5 nitrogen and oxygen atoms in total. The molecular weight excluding hydrogens is 273 g/mol. The molecule has 21 heavy (non-hydrogen) atoms. The highest BCUT2D eigenvalue weighted by Crippen LogP contribution is 2.24. The molecule has 1 fully saturated rings. The zero-order chi connectivity index (χ0) is 14.8. The van der Waals surface area contributed by atoms with Gasteiger partial charge in [0, 0.05) is 18.7 Å². The number of morpholine rings is 1. The van der Waals surface area contributed by atoms with Crippen LogP contribution in [-0.2, 0) is 4.74 Å². The van der Waals surface area contributed by atoms with Gasteiger partial charge in [0.1, 0.15) is 5.82 Å². The molecule has 0 radical (unpaired) electrons. The molecule has 112 valence electrons. The molecule has 6 heteroatoms. The summed E-state index contributed by atoms with van der Waals surface area (Å²) in [5.74, 6) is 0.706. The van der Waals surface area contributed by atoms with Crippen LogP contribution in [0.15, 0.2) is 22.7 Å². The van der Waals surface area contributed by atoms with E-state index in [1.807, 2.05) is 6.92 Å². The van der Waals surface area contributed by atoms with Crippen LogP contribution in [0.5, 0.6) is 0 Å². The van der Waals surface area contributed by atoms with E-state index in [-0.39, 0.29) is 11.9 Å². The average Bonchev–Trinajstić information content (AvgIpc) is 3.00. The minimum Gasteiger partial charge on any atom is -0.379 e. The Morgan fingerprint density at radius 2 is 2.05 bits per heavy atom. The predicted octanol–water partition coefficient (Wildman–Crippen LogP) is 2.58. The normalized spacial score (nSPS) is 17.9. The fourth-order valence-corrected chi connectivity index (χ4v) is 2.38. The van der Waals surface area contributed by atoms with Gasteiger partial charge in [-0.3, -0.25) is 4.90 Å². The summed E-state index contributed by atoms with van der Waals surface area (Å²) in [6, 6.07) is 4.98. The van der Waals surface area contributed by atoms with Crippen LogP contribution in [0.4, 0.5) is 4.39 Å². The van der Waals surface area contributed by atoms with E-state index in [0.29, 0.717) is 36.1 Å². The first-order valence-corrected chi connectivity index (χ1v) is 7.07. The quantitative estimate of drug-likeness (QED) is 0.870. The summed E-state index contributed by atoms with van der Waals surface area (Å²) in [5, 5.41) is 3.96. The Labute approximate surface area is 122 Å². The van der Waals surface area contributed by atoms with Gasteiger partial charge in [-0.25, -0.2) is 4.39 Å². The van der Waals surface area contributed by atoms with E-state index in [2.05, 4.69) is 15.0 Å². The Kier molecular flexibility index (Phi) is 3.98. The molecule has 0 saturated carbocycles. The maximum absolute atomic E-state index is 13.6. The second kappa shape index (κ2) is 5.91. The van der Waals surface area contributed by atoms with Crippen molar-refractivity contribution in [1.29, 1.82) is 0 Å². The SMILES string of the molecule is Cc1ccc(-c2noc(C(C)N3CCOCC3)n2)cc1F. The Bertz CT molecular complexity index is 623. The lowest BCUT2D eigenvalue weighted by molar-refractivity contribution is 0.0134. The van der Waals surface area contributed by atoms with Crippen LogP contribution >= 0.6 is 0 Å². The van der Waals surface area contributed by atoms with E-state index < -0.39 is 0 Å². The number of hydrogen-bond donors (Lipinski definition) is 0. The molecule has 1 saturated heterocycles. The first-order chi connectivity index (χ1) is 10.1. The van der Waals surface area contributed by atoms with Gasteiger partial charge in [0.15, 0.2) is 0 Å². The standard InChI is InChI=1S/C15H18FN3O2/c1-10-3-4-12(9-13(10)16)14-17-15(21-18-14)11(2)19-5-7-20-8-6-19/h3-4,9,11H,5-8H2,1-2H3. The van der Waals surface area contributed by atoms with Crippen molar-refractivity contribution in [2.45, 2.75) is 19.9 Å². The lowest BCUT2D eigenvalue weighted by Crippen LogP contribution is -2.38. The van der Waals surface area contributed by atoms with E-state index in [0.717, 1.165) is 13.1 Å². The van der Waals surface area contributed by atoms with E-state index >= 15 is 0 Å². The molecule has 0 amide bonds. The van der Waals surface area contributed by atoms with Crippen LogP contribution in [0, 0.1) is 12.7 Å². The Morgan fingerprint density at radius 1 is 1.29 bits per heavy atom. The largest absolute Gasteiger partial charge is 0.379 e. The summed E-state index contributed by atoms with van der Waals surface area (Å²) in [5.41, 5.74) is 1.23. The average molecular weight is 291 g/mol. The van der Waals surface area contributed by atoms with Gasteiger partial charge in [-0.1, -0.05) is 17.3 Å². The third-order valence-corrected chi connectivity index (χ3v) is 3.82. The number of halogens is 1. The van der Waals surface area contributed by atoms with Crippen LogP contribution in [-0.4, -0.2) is 41.3 Å². The molecule has 1 atom stereocenters. The summed E-state index contributed by atoms with van der Waals surface area (Å²) >= 11 is 0. The molecule has 2 aromatic rings. The highest BCUT2D eigenvalue weighted by Gasteiger charge is 2.23. The predicted molar refractivity (Wildman–Crippen MR) is 75.2 cm³/mol. The van der Waals surface area contributed by atoms with Crippen molar-refractivity contribution < 1.29 is 13.7 Å². The van der Waals surface area contributed by atoms with Crippen LogP contribution in [0.25, 0.3) is 11.4 Å². The molecule has 1 aromatic heterocycles. The number of aryl methyl sites for hydroxylation is 1. The fourth-order valence-electron chi connectivity index (χ4n) is 2.38. The molecule has 0 aliphatic carbocycles. The van der Waals surface area contributed by atoms with Crippen molar-refractivity contribution >= 4 is 0 Å². The second-order valence-corrected chi connectivity index (χ2v) is 5.24. The van der Waals surface area contributed by atoms with Gasteiger partial charge in [-0.05, 0) is 25.5 Å². The molecule has 0 N–H and O–H groups in total. The maximum Gasteiger partial charge on any atom is 0.244 e. The Hall–Kier alpha value is -1.79. The van der Waals surface area contributed by atoms with Crippen molar-refractivity contribution in [1.82, 2.24) is 15.0 Å². The summed E-state index contributed by atoms with van der Waals surface area (Å²) in [6.07, 6.45) is 0. The first-order valence-electron chi connectivity index (χ1n) is 7.07. The lowest BCUT2D eigenvalue weighted by Gasteiger charge is -2.29. The van der Waals surface area contributed by atoms with E-state index in [1.165, 1.54) is 6.07 Å². The monoisotopic (exact) mass is 291 g/mol. The number of benzene rings is 1. The van der Waals surface area contributed by atoms with Crippen LogP contribution in [0.2, 0.25) is 0 Å². The van der Waals surface area contributed by atoms with Crippen molar-refractivity contribution in [2.24, 2.45) is 0 Å². The minimum atomic E-state index is -0.264. The van der Waals surface area contributed by atoms with Crippen molar-refractivity contribution in [3.8, 4) is 11.4 Å². The van der Waals surface area contributed by atoms with E-state index in [1.54, 1.807) is 19.1 Å². The summed E-state index contributed by atoms with van der Waals surface area (Å²) in [4.78, 5) is 6.63. The van der Waals surface area contributed by atoms with Gasteiger partial charge in [0.05, 0.1) is 19.3 Å². The summed E-state index contributed by atoms with van der Waals surface area (Å²) in [6.45, 7) is 6.87. The smallest absolute Gasteiger partial charge is 0.244 e. The molecule has 2 heterocycles. The van der Waals surface area contributed by atoms with Crippen LogP contribution in [0.3, 0.4) is 0 Å². The van der Waals surface area contributed by atoms with E-state index in [9.17, 15) is 4.39 Å². The summed E-state index contributed by atoms with van der Waals surface area (Å²) < 4.78 is 24.3. The summed E-state index contributed by atoms with van der Waals surface area (Å²) in [7, 11) is 0. The molecule has 1 aromatic carbocycles. The van der Waals surface area contributed by atoms with Crippen LogP contribution < -0.4 is 0 Å². The first kappa shape index (κ1) is 14.2. The van der Waals surface area contributed by atoms with Gasteiger partial charge < -0.3 is 9.26 Å². The molecule has 1 aliphatic heterocycles. The number of ether oxygens (including phenoxy) is 1. The number of rotatable bonds is 3. The highest BCUT2D eigenvalue weighted by atomic mass is 19.1. The third-order valence-electron chi connectivity index (χ3n) is 3.82. The minimum absolute atomic E-state index is 0.0328. The second-order valence-electron chi connectivity index (χ2n) is 5.24. The molecule has 0 bridgehead atoms. The number of aromatic nitrogens is 2. The molecule has 1 aliphatic rings. The molecule has 0 spiro atoms. The molecule has 1 unspecified atom stereocenters. The third kappa shape index (κ3) is 2.96. The van der Waals surface area contributed by atoms with Crippen LogP contribution in [0.1, 0.15) is 24.4 Å². The van der Waals surface area contributed by atoms with Crippen molar-refractivity contribution in [2.75, 3.05) is 26.3 Å². The van der Waals surface area contributed by atoms with Gasteiger partial charge in [-0.15, -0.1) is 0 Å². The lowest BCUT2D eigenvalue weighted by atomic mass is 10.1. The fraction of sp³-hybridized carbons (Fsp3) is 0.467. The zero-order valence-electron chi connectivity index (χ0n) is 12.2. The van der Waals surface area contributed by atoms with Crippen molar-refractivity contribution in [3.63, 3.8) is 0 Å². The van der Waals surface area contributed by atoms with Gasteiger partial charge in [0.25, 0.3) is 0 Å². The number of nitrogens with zero attached hydrogens (tertiary/aromatic N) is 3. The van der Waals surface area contributed by atoms with E-state index in [4.69, 9.17) is 9.26 Å². The van der Waals surface area contributed by atoms with Gasteiger partial charge in [-0.2, -0.15) is 4.98 Å². The van der Waals surface area contributed by atoms with Crippen molar-refractivity contribution in [3.05, 3.63) is 35.5 Å². The molecular formula is C15H18FN3O2. The Balaban J connectivity index is 1.80. The highest BCUT2D eigenvalue weighted by molar-refractivity contribution is 5.54. The topological polar surface area (TPSA) is 51.4 Å². The van der Waals surface area contributed by atoms with Gasteiger partial charge in [0.2, 0.25) is 11.7 Å². The maximum atomic E-state index is 13.6.